The monoisotopic (exact) mass is 459 g/mol. The fraction of sp³-hybridized carbons (Fsp3) is 0.565. The molecule has 2 aliphatic heterocycles. The second-order valence-electron chi connectivity index (χ2n) is 9.50. The molecule has 0 radical (unpaired) electrons. The van der Waals surface area contributed by atoms with E-state index in [1.165, 1.54) is 4.90 Å². The van der Waals surface area contributed by atoms with Crippen molar-refractivity contribution in [2.45, 2.75) is 45.4 Å². The maximum absolute atomic E-state index is 13.3. The topological polar surface area (TPSA) is 105 Å². The zero-order valence-corrected chi connectivity index (χ0v) is 19.1. The number of benzene rings is 1. The molecule has 8 nitrogen and oxygen atoms in total. The van der Waals surface area contributed by atoms with E-state index in [1.54, 1.807) is 0 Å². The first-order valence-electron chi connectivity index (χ1n) is 11.0. The number of nitrogens with zero attached hydrogens (tertiary/aromatic N) is 1. The Hall–Kier alpha value is -2.55. The van der Waals surface area contributed by atoms with Gasteiger partial charge in [-0.2, -0.15) is 0 Å². The maximum atomic E-state index is 13.3. The van der Waals surface area contributed by atoms with Crippen LogP contribution in [0.4, 0.5) is 4.79 Å². The van der Waals surface area contributed by atoms with Gasteiger partial charge in [0.2, 0.25) is 16.9 Å². The molecule has 5 atom stereocenters. The number of hydrogen-bond acceptors (Lipinski definition) is 5. The van der Waals surface area contributed by atoms with E-state index in [1.807, 2.05) is 30.3 Å². The highest BCUT2D eigenvalue weighted by molar-refractivity contribution is 7.96. The van der Waals surface area contributed by atoms with Gasteiger partial charge in [-0.25, -0.2) is 4.79 Å². The van der Waals surface area contributed by atoms with Gasteiger partial charge in [0.25, 0.3) is 0 Å². The molecule has 172 valence electrons. The van der Waals surface area contributed by atoms with Crippen LogP contribution in [0.5, 0.6) is 0 Å². The van der Waals surface area contributed by atoms with Crippen LogP contribution in [0.2, 0.25) is 0 Å². The summed E-state index contributed by atoms with van der Waals surface area (Å²) in [7, 11) is 0. The SMILES string of the molecule is CC1(C)[C@@H]2[C@@H](C(=O)N[C@@H](C[C@@H]3CCNC3=O)C(=O)S)N(C(=O)OCc3ccccc3)C[C@@H]21. The average Bonchev–Trinajstić information content (AvgIpc) is 3.13. The van der Waals surface area contributed by atoms with E-state index in [0.717, 1.165) is 5.56 Å². The van der Waals surface area contributed by atoms with E-state index in [4.69, 9.17) is 4.74 Å². The molecule has 9 heteroatoms. The molecule has 0 unspecified atom stereocenters. The van der Waals surface area contributed by atoms with Crippen LogP contribution in [0.1, 0.15) is 32.3 Å². The second-order valence-corrected chi connectivity index (χ2v) is 9.94. The lowest BCUT2D eigenvalue weighted by atomic mass is 9.97. The molecule has 32 heavy (non-hydrogen) atoms. The lowest BCUT2D eigenvalue weighted by molar-refractivity contribution is -0.130. The molecule has 1 aromatic rings. The number of likely N-dealkylation sites (tertiary alicyclic amines) is 1. The summed E-state index contributed by atoms with van der Waals surface area (Å²) >= 11 is 3.93. The molecular formula is C23H29N3O5S. The summed E-state index contributed by atoms with van der Waals surface area (Å²) in [6.45, 7) is 5.29. The van der Waals surface area contributed by atoms with Crippen LogP contribution in [-0.4, -0.2) is 53.1 Å². The molecule has 4 rings (SSSR count). The Morgan fingerprint density at radius 1 is 1.28 bits per heavy atom. The van der Waals surface area contributed by atoms with Gasteiger partial charge in [0.15, 0.2) is 0 Å². The third-order valence-electron chi connectivity index (χ3n) is 7.21. The molecule has 1 aliphatic carbocycles. The lowest BCUT2D eigenvalue weighted by Gasteiger charge is -2.30. The number of fused-ring (bicyclic) bond motifs is 1. The highest BCUT2D eigenvalue weighted by atomic mass is 32.1. The average molecular weight is 460 g/mol. The number of carbonyl (C=O) groups is 4. The van der Waals surface area contributed by atoms with Crippen molar-refractivity contribution in [3.05, 3.63) is 35.9 Å². The minimum Gasteiger partial charge on any atom is -0.445 e. The van der Waals surface area contributed by atoms with Crippen molar-refractivity contribution in [1.82, 2.24) is 15.5 Å². The minimum atomic E-state index is -0.886. The number of rotatable bonds is 7. The predicted octanol–water partition coefficient (Wildman–Crippen LogP) is 1.75. The minimum absolute atomic E-state index is 0.00257. The van der Waals surface area contributed by atoms with Gasteiger partial charge in [0.05, 0.1) is 6.04 Å². The molecular weight excluding hydrogens is 430 g/mol. The van der Waals surface area contributed by atoms with Crippen molar-refractivity contribution < 1.29 is 23.9 Å². The van der Waals surface area contributed by atoms with Crippen molar-refractivity contribution >= 4 is 35.7 Å². The summed E-state index contributed by atoms with van der Waals surface area (Å²) in [6, 6.07) is 7.75. The Morgan fingerprint density at radius 2 is 2.00 bits per heavy atom. The van der Waals surface area contributed by atoms with E-state index in [2.05, 4.69) is 37.1 Å². The lowest BCUT2D eigenvalue weighted by Crippen LogP contribution is -2.53. The zero-order chi connectivity index (χ0) is 23.0. The van der Waals surface area contributed by atoms with Gasteiger partial charge in [-0.05, 0) is 35.7 Å². The first kappa shape index (κ1) is 22.6. The van der Waals surface area contributed by atoms with Crippen molar-refractivity contribution in [3.63, 3.8) is 0 Å². The first-order valence-corrected chi connectivity index (χ1v) is 11.4. The summed E-state index contributed by atoms with van der Waals surface area (Å²) < 4.78 is 5.48. The van der Waals surface area contributed by atoms with Gasteiger partial charge in [-0.1, -0.05) is 44.2 Å². The molecule has 0 aromatic heterocycles. The number of carbonyl (C=O) groups excluding carboxylic acids is 4. The molecule has 0 spiro atoms. The summed E-state index contributed by atoms with van der Waals surface area (Å²) in [5, 5.41) is 5.00. The Labute approximate surface area is 192 Å². The largest absolute Gasteiger partial charge is 0.445 e. The van der Waals surface area contributed by atoms with E-state index in [0.29, 0.717) is 19.5 Å². The molecule has 1 saturated carbocycles. The Kier molecular flexibility index (Phi) is 6.20. The molecule has 0 bridgehead atoms. The first-order chi connectivity index (χ1) is 15.2. The van der Waals surface area contributed by atoms with Crippen LogP contribution in [-0.2, 0) is 25.7 Å². The third-order valence-corrected chi connectivity index (χ3v) is 7.53. The summed E-state index contributed by atoms with van der Waals surface area (Å²) in [4.78, 5) is 51.6. The van der Waals surface area contributed by atoms with Crippen LogP contribution in [0.3, 0.4) is 0 Å². The Morgan fingerprint density at radius 3 is 2.62 bits per heavy atom. The molecule has 3 fully saturated rings. The second kappa shape index (κ2) is 8.77. The number of thiol groups is 1. The van der Waals surface area contributed by atoms with Crippen molar-refractivity contribution in [2.75, 3.05) is 13.1 Å². The summed E-state index contributed by atoms with van der Waals surface area (Å²) in [5.74, 6) is -0.651. The summed E-state index contributed by atoms with van der Waals surface area (Å²) in [6.07, 6.45) is 0.273. The highest BCUT2D eigenvalue weighted by Crippen LogP contribution is 2.64. The smallest absolute Gasteiger partial charge is 0.410 e. The van der Waals surface area contributed by atoms with Gasteiger partial charge < -0.3 is 15.4 Å². The predicted molar refractivity (Wildman–Crippen MR) is 120 cm³/mol. The molecule has 2 N–H and O–H groups in total. The van der Waals surface area contributed by atoms with E-state index in [9.17, 15) is 19.2 Å². The molecule has 3 aliphatic rings. The molecule has 1 aromatic carbocycles. The number of piperidine rings is 1. The van der Waals surface area contributed by atoms with E-state index in [-0.39, 0.29) is 42.1 Å². The fourth-order valence-corrected chi connectivity index (χ4v) is 5.38. The van der Waals surface area contributed by atoms with Crippen LogP contribution < -0.4 is 10.6 Å². The molecule has 3 amide bonds. The Bertz CT molecular complexity index is 921. The van der Waals surface area contributed by atoms with Crippen molar-refractivity contribution in [1.29, 1.82) is 0 Å². The van der Waals surface area contributed by atoms with Crippen molar-refractivity contribution in [2.24, 2.45) is 23.2 Å². The van der Waals surface area contributed by atoms with Gasteiger partial charge in [0.1, 0.15) is 12.6 Å². The maximum Gasteiger partial charge on any atom is 0.410 e. The molecule has 2 heterocycles. The van der Waals surface area contributed by atoms with Gasteiger partial charge in [-0.15, -0.1) is 12.6 Å². The van der Waals surface area contributed by atoms with Crippen LogP contribution in [0.15, 0.2) is 30.3 Å². The van der Waals surface area contributed by atoms with Gasteiger partial charge in [-0.3, -0.25) is 19.3 Å². The summed E-state index contributed by atoms with van der Waals surface area (Å²) in [5.41, 5.74) is 0.798. The standard InChI is InChI=1S/C23H29N3O5S/c1-23(2)15-11-26(22(30)31-12-13-6-4-3-5-7-13)18(17(15)23)20(28)25-16(21(29)32)10-14-8-9-24-19(14)27/h3-7,14-18H,8-12H2,1-2H3,(H,24,27)(H,25,28)(H,29,32)/t14-,15-,16-,17-,18-/m0/s1. The quantitative estimate of drug-likeness (QED) is 0.539. The van der Waals surface area contributed by atoms with Crippen LogP contribution >= 0.6 is 12.6 Å². The third kappa shape index (κ3) is 4.35. The fourth-order valence-electron chi connectivity index (χ4n) is 5.21. The van der Waals surface area contributed by atoms with Gasteiger partial charge >= 0.3 is 6.09 Å². The van der Waals surface area contributed by atoms with E-state index < -0.39 is 29.2 Å². The number of nitrogens with one attached hydrogen (secondary N) is 2. The number of amides is 3. The van der Waals surface area contributed by atoms with Crippen LogP contribution in [0.25, 0.3) is 0 Å². The Balaban J connectivity index is 1.44. The van der Waals surface area contributed by atoms with Gasteiger partial charge in [0, 0.05) is 19.0 Å². The zero-order valence-electron chi connectivity index (χ0n) is 18.2. The molecule has 2 saturated heterocycles. The normalized spacial score (nSPS) is 28.5. The van der Waals surface area contributed by atoms with Crippen LogP contribution in [0, 0.1) is 23.2 Å². The highest BCUT2D eigenvalue weighted by Gasteiger charge is 2.69. The number of ether oxygens (including phenoxy) is 1. The van der Waals surface area contributed by atoms with E-state index >= 15 is 0 Å². The number of hydrogen-bond donors (Lipinski definition) is 3. The van der Waals surface area contributed by atoms with Crippen molar-refractivity contribution in [3.8, 4) is 0 Å².